The molecule has 0 aromatic heterocycles. The highest BCUT2D eigenvalue weighted by Crippen LogP contribution is 2.15. The SMILES string of the molecule is CCNC(C)CCN(C)CC(F)(F)F. The summed E-state index contributed by atoms with van der Waals surface area (Å²) in [5.41, 5.74) is 0. The highest BCUT2D eigenvalue weighted by molar-refractivity contribution is 4.64. The Bertz CT molecular complexity index is 147. The molecule has 86 valence electrons. The number of hydrogen-bond donors (Lipinski definition) is 1. The summed E-state index contributed by atoms with van der Waals surface area (Å²) >= 11 is 0. The lowest BCUT2D eigenvalue weighted by Crippen LogP contribution is -2.35. The molecule has 0 amide bonds. The lowest BCUT2D eigenvalue weighted by Gasteiger charge is -2.20. The molecule has 0 spiro atoms. The predicted octanol–water partition coefficient (Wildman–Crippen LogP) is 1.87. The first kappa shape index (κ1) is 13.7. The van der Waals surface area contributed by atoms with E-state index in [1.54, 1.807) is 0 Å². The zero-order chi connectivity index (χ0) is 11.2. The van der Waals surface area contributed by atoms with E-state index >= 15 is 0 Å². The summed E-state index contributed by atoms with van der Waals surface area (Å²) in [6, 6.07) is 0.274. The Labute approximate surface area is 83.5 Å². The van der Waals surface area contributed by atoms with E-state index < -0.39 is 12.7 Å². The minimum absolute atomic E-state index is 0.274. The molecule has 0 aromatic carbocycles. The Kier molecular flexibility index (Phi) is 6.11. The summed E-state index contributed by atoms with van der Waals surface area (Å²) in [6.45, 7) is 4.45. The van der Waals surface area contributed by atoms with Gasteiger partial charge in [0.1, 0.15) is 0 Å². The summed E-state index contributed by atoms with van der Waals surface area (Å²) in [5.74, 6) is 0. The summed E-state index contributed by atoms with van der Waals surface area (Å²) < 4.78 is 35.8. The number of nitrogens with one attached hydrogen (secondary N) is 1. The third-order valence-electron chi connectivity index (χ3n) is 1.95. The zero-order valence-electron chi connectivity index (χ0n) is 8.99. The average molecular weight is 212 g/mol. The second-order valence-electron chi connectivity index (χ2n) is 3.60. The third-order valence-corrected chi connectivity index (χ3v) is 1.95. The molecule has 0 saturated carbocycles. The van der Waals surface area contributed by atoms with Gasteiger partial charge in [-0.25, -0.2) is 0 Å². The largest absolute Gasteiger partial charge is 0.401 e. The van der Waals surface area contributed by atoms with Crippen LogP contribution in [0.15, 0.2) is 0 Å². The van der Waals surface area contributed by atoms with Crippen LogP contribution in [0.5, 0.6) is 0 Å². The van der Waals surface area contributed by atoms with Gasteiger partial charge in [0, 0.05) is 6.04 Å². The normalized spacial score (nSPS) is 14.8. The maximum absolute atomic E-state index is 11.9. The first-order valence-corrected chi connectivity index (χ1v) is 4.84. The molecule has 14 heavy (non-hydrogen) atoms. The van der Waals surface area contributed by atoms with E-state index in [1.165, 1.54) is 11.9 Å². The molecular weight excluding hydrogens is 193 g/mol. The van der Waals surface area contributed by atoms with Crippen LogP contribution < -0.4 is 5.32 Å². The number of rotatable bonds is 6. The molecule has 0 rings (SSSR count). The Morgan fingerprint density at radius 2 is 1.93 bits per heavy atom. The number of alkyl halides is 3. The van der Waals surface area contributed by atoms with Crippen molar-refractivity contribution in [3.63, 3.8) is 0 Å². The van der Waals surface area contributed by atoms with Crippen LogP contribution in [0.25, 0.3) is 0 Å². The van der Waals surface area contributed by atoms with Crippen molar-refractivity contribution in [1.82, 2.24) is 10.2 Å². The van der Waals surface area contributed by atoms with Gasteiger partial charge in [-0.2, -0.15) is 13.2 Å². The molecule has 0 aliphatic rings. The Morgan fingerprint density at radius 1 is 1.36 bits per heavy atom. The van der Waals surface area contributed by atoms with E-state index in [0.717, 1.165) is 13.0 Å². The van der Waals surface area contributed by atoms with Crippen LogP contribution in [0.2, 0.25) is 0 Å². The van der Waals surface area contributed by atoms with Gasteiger partial charge in [-0.1, -0.05) is 6.92 Å². The second-order valence-corrected chi connectivity index (χ2v) is 3.60. The fraction of sp³-hybridized carbons (Fsp3) is 1.00. The molecule has 1 N–H and O–H groups in total. The maximum Gasteiger partial charge on any atom is 0.401 e. The van der Waals surface area contributed by atoms with Crippen molar-refractivity contribution in [2.24, 2.45) is 0 Å². The van der Waals surface area contributed by atoms with Crippen molar-refractivity contribution in [1.29, 1.82) is 0 Å². The molecule has 0 radical (unpaired) electrons. The van der Waals surface area contributed by atoms with Crippen LogP contribution >= 0.6 is 0 Å². The number of hydrogen-bond acceptors (Lipinski definition) is 2. The molecule has 0 aliphatic heterocycles. The van der Waals surface area contributed by atoms with Gasteiger partial charge in [-0.15, -0.1) is 0 Å². The fourth-order valence-electron chi connectivity index (χ4n) is 1.25. The van der Waals surface area contributed by atoms with Crippen molar-refractivity contribution in [2.45, 2.75) is 32.5 Å². The first-order chi connectivity index (χ1) is 6.35. The highest BCUT2D eigenvalue weighted by Gasteiger charge is 2.28. The average Bonchev–Trinajstić information content (AvgIpc) is 1.98. The monoisotopic (exact) mass is 212 g/mol. The van der Waals surface area contributed by atoms with Gasteiger partial charge < -0.3 is 5.32 Å². The molecular formula is C9H19F3N2. The minimum atomic E-state index is -4.09. The highest BCUT2D eigenvalue weighted by atomic mass is 19.4. The van der Waals surface area contributed by atoms with E-state index in [4.69, 9.17) is 0 Å². The molecule has 0 saturated heterocycles. The van der Waals surface area contributed by atoms with E-state index in [1.807, 2.05) is 13.8 Å². The standard InChI is InChI=1S/C9H19F3N2/c1-4-13-8(2)5-6-14(3)7-9(10,11)12/h8,13H,4-7H2,1-3H3. The predicted molar refractivity (Wildman–Crippen MR) is 51.3 cm³/mol. The summed E-state index contributed by atoms with van der Waals surface area (Å²) in [4.78, 5) is 1.30. The van der Waals surface area contributed by atoms with Crippen LogP contribution in [0.4, 0.5) is 13.2 Å². The maximum atomic E-state index is 11.9. The summed E-state index contributed by atoms with van der Waals surface area (Å²) in [7, 11) is 1.49. The molecule has 0 bridgehead atoms. The quantitative estimate of drug-likeness (QED) is 0.723. The molecule has 1 unspecified atom stereocenters. The third kappa shape index (κ3) is 8.31. The van der Waals surface area contributed by atoms with Gasteiger partial charge in [0.2, 0.25) is 0 Å². The molecule has 2 nitrogen and oxygen atoms in total. The minimum Gasteiger partial charge on any atom is -0.314 e. The number of nitrogens with zero attached hydrogens (tertiary/aromatic N) is 1. The molecule has 0 heterocycles. The van der Waals surface area contributed by atoms with Crippen LogP contribution in [-0.2, 0) is 0 Å². The van der Waals surface area contributed by atoms with Gasteiger partial charge in [-0.05, 0) is 33.5 Å². The van der Waals surface area contributed by atoms with Crippen molar-refractivity contribution >= 4 is 0 Å². The molecule has 5 heteroatoms. The molecule has 0 fully saturated rings. The van der Waals surface area contributed by atoms with Crippen LogP contribution in [0, 0.1) is 0 Å². The van der Waals surface area contributed by atoms with Gasteiger partial charge >= 0.3 is 6.18 Å². The van der Waals surface area contributed by atoms with Crippen molar-refractivity contribution in [3.05, 3.63) is 0 Å². The number of halogens is 3. The Hall–Kier alpha value is -0.290. The van der Waals surface area contributed by atoms with Gasteiger partial charge in [0.15, 0.2) is 0 Å². The van der Waals surface area contributed by atoms with E-state index in [-0.39, 0.29) is 6.04 Å². The van der Waals surface area contributed by atoms with Gasteiger partial charge in [-0.3, -0.25) is 4.90 Å². The van der Waals surface area contributed by atoms with Gasteiger partial charge in [0.05, 0.1) is 6.54 Å². The molecule has 0 aromatic rings. The lowest BCUT2D eigenvalue weighted by molar-refractivity contribution is -0.143. The van der Waals surface area contributed by atoms with E-state index in [9.17, 15) is 13.2 Å². The van der Waals surface area contributed by atoms with Crippen molar-refractivity contribution < 1.29 is 13.2 Å². The van der Waals surface area contributed by atoms with Crippen molar-refractivity contribution in [2.75, 3.05) is 26.7 Å². The first-order valence-electron chi connectivity index (χ1n) is 4.84. The smallest absolute Gasteiger partial charge is 0.314 e. The summed E-state index contributed by atoms with van der Waals surface area (Å²) in [5, 5.41) is 3.16. The van der Waals surface area contributed by atoms with Gasteiger partial charge in [0.25, 0.3) is 0 Å². The Morgan fingerprint density at radius 3 is 2.36 bits per heavy atom. The summed E-state index contributed by atoms with van der Waals surface area (Å²) in [6.07, 6.45) is -3.35. The van der Waals surface area contributed by atoms with E-state index in [0.29, 0.717) is 6.54 Å². The topological polar surface area (TPSA) is 15.3 Å². The Balaban J connectivity index is 3.58. The van der Waals surface area contributed by atoms with E-state index in [2.05, 4.69) is 5.32 Å². The van der Waals surface area contributed by atoms with Crippen LogP contribution in [0.1, 0.15) is 20.3 Å². The molecule has 1 atom stereocenters. The lowest BCUT2D eigenvalue weighted by atomic mass is 10.2. The van der Waals surface area contributed by atoms with Crippen LogP contribution in [-0.4, -0.2) is 43.8 Å². The molecule has 0 aliphatic carbocycles. The fourth-order valence-corrected chi connectivity index (χ4v) is 1.25. The van der Waals surface area contributed by atoms with Crippen LogP contribution in [0.3, 0.4) is 0 Å². The second kappa shape index (κ2) is 6.24. The van der Waals surface area contributed by atoms with Crippen molar-refractivity contribution in [3.8, 4) is 0 Å². The zero-order valence-corrected chi connectivity index (χ0v) is 8.99.